The van der Waals surface area contributed by atoms with Gasteiger partial charge in [0.05, 0.1) is 4.90 Å². The van der Waals surface area contributed by atoms with E-state index >= 15 is 0 Å². The second-order valence-corrected chi connectivity index (χ2v) is 6.30. The number of nitrogens with two attached hydrogens (primary N) is 1. The molecule has 0 bridgehead atoms. The number of nitrogens with one attached hydrogen (secondary N) is 1. The molecule has 24 heavy (non-hydrogen) atoms. The van der Waals surface area contributed by atoms with E-state index in [1.54, 1.807) is 24.5 Å². The molecule has 9 nitrogen and oxygen atoms in total. The van der Waals surface area contributed by atoms with Crippen LogP contribution >= 0.6 is 0 Å². The van der Waals surface area contributed by atoms with E-state index in [1.165, 1.54) is 35.3 Å². The predicted molar refractivity (Wildman–Crippen MR) is 84.9 cm³/mol. The standard InChI is InChI=1S/C14H12N6O3S/c15-24(22,23)11-4-2-10(3-5-11)14(21)19-12-8-13(17-9-16-12)20-7-1-6-18-20/h1-9H,(H2,15,22,23)(H,16,17,19,21). The Morgan fingerprint density at radius 3 is 2.54 bits per heavy atom. The maximum absolute atomic E-state index is 12.2. The van der Waals surface area contributed by atoms with Crippen molar-refractivity contribution in [1.29, 1.82) is 0 Å². The van der Waals surface area contributed by atoms with Crippen LogP contribution in [0.4, 0.5) is 5.82 Å². The van der Waals surface area contributed by atoms with Crippen molar-refractivity contribution in [3.8, 4) is 5.82 Å². The van der Waals surface area contributed by atoms with Crippen LogP contribution in [-0.2, 0) is 10.0 Å². The second kappa shape index (κ2) is 6.18. The number of hydrogen-bond donors (Lipinski definition) is 2. The summed E-state index contributed by atoms with van der Waals surface area (Å²) in [5.41, 5.74) is 0.265. The van der Waals surface area contributed by atoms with Crippen molar-refractivity contribution in [2.24, 2.45) is 5.14 Å². The summed E-state index contributed by atoms with van der Waals surface area (Å²) in [6.45, 7) is 0. The van der Waals surface area contributed by atoms with Crippen molar-refractivity contribution in [2.45, 2.75) is 4.90 Å². The van der Waals surface area contributed by atoms with Crippen LogP contribution in [0.25, 0.3) is 5.82 Å². The molecular weight excluding hydrogens is 332 g/mol. The molecule has 0 fully saturated rings. The molecule has 0 aliphatic heterocycles. The molecule has 3 N–H and O–H groups in total. The Balaban J connectivity index is 1.79. The molecule has 10 heteroatoms. The van der Waals surface area contributed by atoms with E-state index in [0.717, 1.165) is 0 Å². The third-order valence-electron chi connectivity index (χ3n) is 3.08. The largest absolute Gasteiger partial charge is 0.306 e. The molecule has 3 aromatic rings. The summed E-state index contributed by atoms with van der Waals surface area (Å²) in [6, 6.07) is 8.56. The Hall–Kier alpha value is -3.11. The molecule has 122 valence electrons. The number of anilines is 1. The van der Waals surface area contributed by atoms with Gasteiger partial charge in [-0.15, -0.1) is 0 Å². The van der Waals surface area contributed by atoms with Gasteiger partial charge in [0.2, 0.25) is 10.0 Å². The molecule has 0 unspecified atom stereocenters. The van der Waals surface area contributed by atoms with Crippen molar-refractivity contribution in [1.82, 2.24) is 19.7 Å². The zero-order valence-corrected chi connectivity index (χ0v) is 13.0. The summed E-state index contributed by atoms with van der Waals surface area (Å²) >= 11 is 0. The first-order valence-electron chi connectivity index (χ1n) is 6.70. The molecule has 3 rings (SSSR count). The van der Waals surface area contributed by atoms with E-state index in [2.05, 4.69) is 20.4 Å². The number of sulfonamides is 1. The zero-order valence-electron chi connectivity index (χ0n) is 12.2. The molecule has 2 aromatic heterocycles. The van der Waals surface area contributed by atoms with E-state index in [4.69, 9.17) is 5.14 Å². The van der Waals surface area contributed by atoms with Crippen LogP contribution in [0.1, 0.15) is 10.4 Å². The maximum Gasteiger partial charge on any atom is 0.256 e. The SMILES string of the molecule is NS(=O)(=O)c1ccc(C(=O)Nc2cc(-n3cccn3)ncn2)cc1. The van der Waals surface area contributed by atoms with Gasteiger partial charge in [0.15, 0.2) is 5.82 Å². The third kappa shape index (κ3) is 3.45. The number of rotatable bonds is 4. The lowest BCUT2D eigenvalue weighted by atomic mass is 10.2. The van der Waals surface area contributed by atoms with Gasteiger partial charge in [-0.1, -0.05) is 0 Å². The number of amides is 1. The molecule has 0 saturated carbocycles. The van der Waals surface area contributed by atoms with Crippen LogP contribution in [-0.4, -0.2) is 34.1 Å². The summed E-state index contributed by atoms with van der Waals surface area (Å²) < 4.78 is 23.9. The summed E-state index contributed by atoms with van der Waals surface area (Å²) in [4.78, 5) is 20.2. The van der Waals surface area contributed by atoms with Gasteiger partial charge in [0, 0.05) is 24.0 Å². The first-order chi connectivity index (χ1) is 11.4. The fraction of sp³-hybridized carbons (Fsp3) is 0. The van der Waals surface area contributed by atoms with Crippen LogP contribution in [0.15, 0.2) is 60.0 Å². The fourth-order valence-electron chi connectivity index (χ4n) is 1.93. The highest BCUT2D eigenvalue weighted by atomic mass is 32.2. The second-order valence-electron chi connectivity index (χ2n) is 4.74. The van der Waals surface area contributed by atoms with Crippen LogP contribution in [0, 0.1) is 0 Å². The average Bonchev–Trinajstić information content (AvgIpc) is 3.09. The summed E-state index contributed by atoms with van der Waals surface area (Å²) in [7, 11) is -3.80. The Labute approximate surface area is 137 Å². The maximum atomic E-state index is 12.2. The molecule has 0 spiro atoms. The minimum Gasteiger partial charge on any atom is -0.306 e. The van der Waals surface area contributed by atoms with E-state index in [0.29, 0.717) is 5.82 Å². The Kier molecular flexibility index (Phi) is 4.06. The summed E-state index contributed by atoms with van der Waals surface area (Å²) in [5.74, 6) is 0.340. The quantitative estimate of drug-likeness (QED) is 0.710. The topological polar surface area (TPSA) is 133 Å². The fourth-order valence-corrected chi connectivity index (χ4v) is 2.44. The van der Waals surface area contributed by atoms with E-state index in [9.17, 15) is 13.2 Å². The van der Waals surface area contributed by atoms with Gasteiger partial charge < -0.3 is 5.32 Å². The van der Waals surface area contributed by atoms with Gasteiger partial charge in [-0.25, -0.2) is 28.2 Å². The molecule has 0 radical (unpaired) electrons. The van der Waals surface area contributed by atoms with Crippen molar-refractivity contribution >= 4 is 21.7 Å². The summed E-state index contributed by atoms with van der Waals surface area (Å²) in [6.07, 6.45) is 4.62. The molecule has 0 atom stereocenters. The number of aromatic nitrogens is 4. The van der Waals surface area contributed by atoms with E-state index in [1.807, 2.05) is 0 Å². The average molecular weight is 344 g/mol. The first kappa shape index (κ1) is 15.8. The summed E-state index contributed by atoms with van der Waals surface area (Å²) in [5, 5.41) is 11.7. The van der Waals surface area contributed by atoms with Gasteiger partial charge in [-0.05, 0) is 30.3 Å². The monoisotopic (exact) mass is 344 g/mol. The van der Waals surface area contributed by atoms with E-state index < -0.39 is 15.9 Å². The lowest BCUT2D eigenvalue weighted by molar-refractivity contribution is 0.102. The van der Waals surface area contributed by atoms with Gasteiger partial charge in [0.25, 0.3) is 5.91 Å². The van der Waals surface area contributed by atoms with Crippen molar-refractivity contribution in [2.75, 3.05) is 5.32 Å². The Morgan fingerprint density at radius 1 is 1.17 bits per heavy atom. The lowest BCUT2D eigenvalue weighted by Gasteiger charge is -2.06. The van der Waals surface area contributed by atoms with Crippen LogP contribution in [0.2, 0.25) is 0 Å². The highest BCUT2D eigenvalue weighted by Gasteiger charge is 2.11. The van der Waals surface area contributed by atoms with Gasteiger partial charge in [-0.3, -0.25) is 4.79 Å². The van der Waals surface area contributed by atoms with Crippen LogP contribution in [0.5, 0.6) is 0 Å². The van der Waals surface area contributed by atoms with Crippen LogP contribution < -0.4 is 10.5 Å². The first-order valence-corrected chi connectivity index (χ1v) is 8.24. The minimum absolute atomic E-state index is 0.0675. The highest BCUT2D eigenvalue weighted by Crippen LogP contribution is 2.12. The lowest BCUT2D eigenvalue weighted by Crippen LogP contribution is -2.15. The smallest absolute Gasteiger partial charge is 0.256 e. The number of benzene rings is 1. The molecule has 1 amide bonds. The van der Waals surface area contributed by atoms with Crippen LogP contribution in [0.3, 0.4) is 0 Å². The van der Waals surface area contributed by atoms with Gasteiger partial charge in [0.1, 0.15) is 12.1 Å². The molecule has 2 heterocycles. The molecule has 1 aromatic carbocycles. The molecule has 0 aliphatic carbocycles. The van der Waals surface area contributed by atoms with Crippen molar-refractivity contribution in [3.63, 3.8) is 0 Å². The van der Waals surface area contributed by atoms with Crippen molar-refractivity contribution in [3.05, 3.63) is 60.7 Å². The van der Waals surface area contributed by atoms with Gasteiger partial charge >= 0.3 is 0 Å². The Morgan fingerprint density at radius 2 is 1.92 bits per heavy atom. The number of nitrogens with zero attached hydrogens (tertiary/aromatic N) is 4. The highest BCUT2D eigenvalue weighted by molar-refractivity contribution is 7.89. The Bertz CT molecular complexity index is 968. The predicted octanol–water partition coefficient (Wildman–Crippen LogP) is 0.562. The molecule has 0 saturated heterocycles. The number of carbonyl (C=O) groups is 1. The number of primary sulfonamides is 1. The normalized spacial score (nSPS) is 11.2. The van der Waals surface area contributed by atoms with E-state index in [-0.39, 0.29) is 16.3 Å². The zero-order chi connectivity index (χ0) is 17.2. The molecule has 0 aliphatic rings. The third-order valence-corrected chi connectivity index (χ3v) is 4.01. The van der Waals surface area contributed by atoms with Crippen molar-refractivity contribution < 1.29 is 13.2 Å². The number of hydrogen-bond acceptors (Lipinski definition) is 6. The minimum atomic E-state index is -3.80. The molecular formula is C14H12N6O3S. The van der Waals surface area contributed by atoms with Gasteiger partial charge in [-0.2, -0.15) is 5.10 Å². The number of carbonyl (C=O) groups excluding carboxylic acids is 1.